The van der Waals surface area contributed by atoms with E-state index < -0.39 is 24.0 Å². The van der Waals surface area contributed by atoms with Crippen LogP contribution in [0.4, 0.5) is 8.78 Å². The van der Waals surface area contributed by atoms with E-state index in [1.54, 1.807) is 0 Å². The number of aliphatic carboxylic acids is 1. The van der Waals surface area contributed by atoms with Crippen LogP contribution < -0.4 is 0 Å². The maximum absolute atomic E-state index is 13.3. The summed E-state index contributed by atoms with van der Waals surface area (Å²) >= 11 is 5.36. The van der Waals surface area contributed by atoms with Gasteiger partial charge in [0.2, 0.25) is 0 Å². The largest absolute Gasteiger partial charge is 0.481 e. The van der Waals surface area contributed by atoms with Gasteiger partial charge in [-0.15, -0.1) is 11.6 Å². The molecule has 0 radical (unpaired) electrons. The summed E-state index contributed by atoms with van der Waals surface area (Å²) in [6.45, 7) is 0. The van der Waals surface area contributed by atoms with Crippen molar-refractivity contribution >= 4 is 17.6 Å². The fourth-order valence-corrected chi connectivity index (χ4v) is 1.29. The molecule has 1 rings (SSSR count). The van der Waals surface area contributed by atoms with E-state index in [-0.39, 0.29) is 17.0 Å². The van der Waals surface area contributed by atoms with Crippen LogP contribution in [0.15, 0.2) is 12.1 Å². The van der Waals surface area contributed by atoms with E-state index in [1.807, 2.05) is 0 Å². The molecule has 0 saturated heterocycles. The van der Waals surface area contributed by atoms with Gasteiger partial charge in [-0.05, 0) is 12.1 Å². The number of rotatable bonds is 3. The summed E-state index contributed by atoms with van der Waals surface area (Å²) < 4.78 is 26.1. The van der Waals surface area contributed by atoms with Crippen molar-refractivity contribution in [1.29, 1.82) is 0 Å². The van der Waals surface area contributed by atoms with E-state index >= 15 is 0 Å². The first kappa shape index (κ1) is 10.9. The number of carboxylic acid groups (broad SMARTS) is 1. The van der Waals surface area contributed by atoms with E-state index in [0.717, 1.165) is 12.1 Å². The van der Waals surface area contributed by atoms with Crippen molar-refractivity contribution in [2.45, 2.75) is 12.3 Å². The third kappa shape index (κ3) is 2.42. The predicted octanol–water partition coefficient (Wildman–Crippen LogP) is 2.33. The average Bonchev–Trinajstić information content (AvgIpc) is 2.09. The molecule has 1 aromatic rings. The Hall–Kier alpha value is -1.16. The lowest BCUT2D eigenvalue weighted by atomic mass is 10.1. The summed E-state index contributed by atoms with van der Waals surface area (Å²) in [5.74, 6) is -2.83. The molecule has 1 N–H and O–H groups in total. The topological polar surface area (TPSA) is 37.3 Å². The molecule has 0 aliphatic carbocycles. The highest BCUT2D eigenvalue weighted by Gasteiger charge is 2.12. The van der Waals surface area contributed by atoms with Crippen LogP contribution in [0.25, 0.3) is 0 Å². The van der Waals surface area contributed by atoms with Crippen molar-refractivity contribution < 1.29 is 18.7 Å². The standard InChI is InChI=1S/C9H7ClF2O2/c10-4-6-2-7(11)1-5(9(6)12)3-8(13)14/h1-2H,3-4H2,(H,13,14). The van der Waals surface area contributed by atoms with Gasteiger partial charge < -0.3 is 5.11 Å². The third-order valence-electron chi connectivity index (χ3n) is 1.67. The fourth-order valence-electron chi connectivity index (χ4n) is 1.10. The summed E-state index contributed by atoms with van der Waals surface area (Å²) in [6.07, 6.45) is -0.548. The zero-order valence-corrected chi connectivity index (χ0v) is 7.81. The highest BCUT2D eigenvalue weighted by Crippen LogP contribution is 2.17. The smallest absolute Gasteiger partial charge is 0.307 e. The Balaban J connectivity index is 3.15. The van der Waals surface area contributed by atoms with Crippen LogP contribution in [-0.2, 0) is 17.1 Å². The van der Waals surface area contributed by atoms with Gasteiger partial charge in [0.05, 0.1) is 12.3 Å². The zero-order chi connectivity index (χ0) is 10.7. The summed E-state index contributed by atoms with van der Waals surface area (Å²) in [4.78, 5) is 10.3. The van der Waals surface area contributed by atoms with Gasteiger partial charge in [0, 0.05) is 11.1 Å². The van der Waals surface area contributed by atoms with Crippen LogP contribution in [0, 0.1) is 11.6 Å². The van der Waals surface area contributed by atoms with E-state index in [1.165, 1.54) is 0 Å². The van der Waals surface area contributed by atoms with Gasteiger partial charge in [-0.2, -0.15) is 0 Å². The molecule has 0 unspecified atom stereocenters. The normalized spacial score (nSPS) is 10.2. The minimum absolute atomic E-state index is 0.0251. The molecular weight excluding hydrogens is 214 g/mol. The lowest BCUT2D eigenvalue weighted by Crippen LogP contribution is -2.05. The van der Waals surface area contributed by atoms with Gasteiger partial charge in [0.15, 0.2) is 0 Å². The van der Waals surface area contributed by atoms with Gasteiger partial charge in [0.25, 0.3) is 0 Å². The molecular formula is C9H7ClF2O2. The minimum Gasteiger partial charge on any atom is -0.481 e. The Bertz CT molecular complexity index is 366. The predicted molar refractivity (Wildman–Crippen MR) is 47.3 cm³/mol. The Morgan fingerprint density at radius 3 is 2.43 bits per heavy atom. The maximum Gasteiger partial charge on any atom is 0.307 e. The Kier molecular flexibility index (Phi) is 3.41. The molecule has 0 amide bonds. The monoisotopic (exact) mass is 220 g/mol. The number of hydrogen-bond acceptors (Lipinski definition) is 1. The maximum atomic E-state index is 13.3. The van der Waals surface area contributed by atoms with Gasteiger partial charge in [-0.25, -0.2) is 8.78 Å². The molecule has 0 saturated carbocycles. The molecule has 0 fully saturated rings. The first-order chi connectivity index (χ1) is 6.54. The second-order valence-electron chi connectivity index (χ2n) is 2.74. The Labute approximate surface area is 84.1 Å². The van der Waals surface area contributed by atoms with Crippen LogP contribution in [0.1, 0.15) is 11.1 Å². The molecule has 0 spiro atoms. The van der Waals surface area contributed by atoms with Crippen molar-refractivity contribution in [3.05, 3.63) is 34.9 Å². The van der Waals surface area contributed by atoms with Crippen molar-refractivity contribution in [2.24, 2.45) is 0 Å². The lowest BCUT2D eigenvalue weighted by Gasteiger charge is -2.04. The van der Waals surface area contributed by atoms with E-state index in [4.69, 9.17) is 16.7 Å². The molecule has 5 heteroatoms. The van der Waals surface area contributed by atoms with E-state index in [0.29, 0.717) is 0 Å². The van der Waals surface area contributed by atoms with Crippen LogP contribution >= 0.6 is 11.6 Å². The molecule has 0 atom stereocenters. The van der Waals surface area contributed by atoms with Crippen molar-refractivity contribution in [3.63, 3.8) is 0 Å². The minimum atomic E-state index is -1.21. The van der Waals surface area contributed by atoms with Gasteiger partial charge in [-0.3, -0.25) is 4.79 Å². The molecule has 2 nitrogen and oxygen atoms in total. The first-order valence-electron chi connectivity index (χ1n) is 3.79. The summed E-state index contributed by atoms with van der Waals surface area (Å²) in [7, 11) is 0. The number of carboxylic acids is 1. The average molecular weight is 221 g/mol. The Morgan fingerprint density at radius 2 is 1.93 bits per heavy atom. The molecule has 0 aliphatic rings. The molecule has 1 aromatic carbocycles. The molecule has 0 bridgehead atoms. The Morgan fingerprint density at radius 1 is 1.36 bits per heavy atom. The first-order valence-corrected chi connectivity index (χ1v) is 4.32. The highest BCUT2D eigenvalue weighted by atomic mass is 35.5. The zero-order valence-electron chi connectivity index (χ0n) is 7.06. The number of benzene rings is 1. The van der Waals surface area contributed by atoms with Gasteiger partial charge in [0.1, 0.15) is 11.6 Å². The number of carbonyl (C=O) groups is 1. The molecule has 76 valence electrons. The molecule has 0 heterocycles. The molecule has 0 aromatic heterocycles. The van der Waals surface area contributed by atoms with Crippen LogP contribution in [0.3, 0.4) is 0 Å². The lowest BCUT2D eigenvalue weighted by molar-refractivity contribution is -0.136. The fraction of sp³-hybridized carbons (Fsp3) is 0.222. The summed E-state index contributed by atoms with van der Waals surface area (Å²) in [5, 5.41) is 8.42. The number of halogens is 3. The van der Waals surface area contributed by atoms with E-state index in [9.17, 15) is 13.6 Å². The molecule has 0 aliphatic heterocycles. The van der Waals surface area contributed by atoms with Gasteiger partial charge in [-0.1, -0.05) is 0 Å². The van der Waals surface area contributed by atoms with E-state index in [2.05, 4.69) is 0 Å². The second kappa shape index (κ2) is 4.37. The second-order valence-corrected chi connectivity index (χ2v) is 3.01. The van der Waals surface area contributed by atoms with Gasteiger partial charge >= 0.3 is 5.97 Å². The van der Waals surface area contributed by atoms with Crippen LogP contribution in [0.5, 0.6) is 0 Å². The number of alkyl halides is 1. The molecule has 14 heavy (non-hydrogen) atoms. The highest BCUT2D eigenvalue weighted by molar-refractivity contribution is 6.17. The van der Waals surface area contributed by atoms with Crippen molar-refractivity contribution in [3.8, 4) is 0 Å². The summed E-state index contributed by atoms with van der Waals surface area (Å²) in [6, 6.07) is 1.81. The van der Waals surface area contributed by atoms with Crippen LogP contribution in [0.2, 0.25) is 0 Å². The van der Waals surface area contributed by atoms with Crippen molar-refractivity contribution in [1.82, 2.24) is 0 Å². The van der Waals surface area contributed by atoms with Crippen LogP contribution in [-0.4, -0.2) is 11.1 Å². The quantitative estimate of drug-likeness (QED) is 0.794. The third-order valence-corrected chi connectivity index (χ3v) is 1.96. The van der Waals surface area contributed by atoms with Crippen molar-refractivity contribution in [2.75, 3.05) is 0 Å². The number of hydrogen-bond donors (Lipinski definition) is 1. The SMILES string of the molecule is O=C(O)Cc1cc(F)cc(CCl)c1F. The summed E-state index contributed by atoms with van der Waals surface area (Å²) in [5.41, 5.74) is -0.212.